The van der Waals surface area contributed by atoms with E-state index in [0.29, 0.717) is 12.5 Å². The first kappa shape index (κ1) is 8.50. The quantitative estimate of drug-likeness (QED) is 0.764. The van der Waals surface area contributed by atoms with Gasteiger partial charge in [0, 0.05) is 10.7 Å². The first-order valence-electron chi connectivity index (χ1n) is 3.93. The summed E-state index contributed by atoms with van der Waals surface area (Å²) in [6.07, 6.45) is 1.77. The molecule has 0 amide bonds. The van der Waals surface area contributed by atoms with Crippen LogP contribution in [0.15, 0.2) is 27.8 Å². The molecule has 2 heterocycles. The highest BCUT2D eigenvalue weighted by atomic mass is 79.9. The summed E-state index contributed by atoms with van der Waals surface area (Å²) in [4.78, 5) is 8.30. The smallest absolute Gasteiger partial charge is 0.189 e. The second kappa shape index (κ2) is 3.33. The zero-order valence-electron chi connectivity index (χ0n) is 6.87. The number of nitrogens with zero attached hydrogens (tertiary/aromatic N) is 2. The fraction of sp³-hybridized carbons (Fsp3) is 0.250. The normalized spacial score (nSPS) is 21.0. The van der Waals surface area contributed by atoms with Gasteiger partial charge in [0.2, 0.25) is 0 Å². The number of hydrogen-bond acceptors (Lipinski definition) is 4. The third-order valence-corrected chi connectivity index (χ3v) is 2.34. The topological polar surface area (TPSA) is 63.3 Å². The van der Waals surface area contributed by atoms with Gasteiger partial charge in [-0.2, -0.15) is 0 Å². The van der Waals surface area contributed by atoms with Gasteiger partial charge in [-0.15, -0.1) is 0 Å². The lowest BCUT2D eigenvalue weighted by Gasteiger charge is -2.08. The molecule has 0 spiro atoms. The maximum absolute atomic E-state index is 5.49. The maximum Gasteiger partial charge on any atom is 0.189 e. The molecule has 0 radical (unpaired) electrons. The van der Waals surface area contributed by atoms with Crippen molar-refractivity contribution in [2.75, 3.05) is 6.54 Å². The molecule has 0 saturated carbocycles. The molecular weight excluding hydrogens is 232 g/mol. The average molecular weight is 241 g/mol. The number of aromatic nitrogens is 1. The summed E-state index contributed by atoms with van der Waals surface area (Å²) in [5, 5.41) is 3.04. The molecule has 5 heteroatoms. The maximum atomic E-state index is 5.49. The van der Waals surface area contributed by atoms with E-state index < -0.39 is 0 Å². The third-order valence-electron chi connectivity index (χ3n) is 1.87. The number of pyridine rings is 1. The number of halogens is 1. The summed E-state index contributed by atoms with van der Waals surface area (Å²) in [6.45, 7) is 0.667. The largest absolute Gasteiger partial charge is 0.370 e. The number of guanidine groups is 1. The lowest BCUT2D eigenvalue weighted by Crippen LogP contribution is -2.29. The van der Waals surface area contributed by atoms with Crippen LogP contribution in [0.5, 0.6) is 0 Å². The molecule has 1 aliphatic rings. The highest BCUT2D eigenvalue weighted by molar-refractivity contribution is 9.10. The molecule has 1 aromatic heterocycles. The van der Waals surface area contributed by atoms with Gasteiger partial charge in [-0.3, -0.25) is 9.98 Å². The van der Waals surface area contributed by atoms with Gasteiger partial charge in [0.1, 0.15) is 0 Å². The summed E-state index contributed by atoms with van der Waals surface area (Å²) >= 11 is 3.33. The van der Waals surface area contributed by atoms with Gasteiger partial charge >= 0.3 is 0 Å². The van der Waals surface area contributed by atoms with E-state index in [-0.39, 0.29) is 6.04 Å². The zero-order chi connectivity index (χ0) is 9.26. The van der Waals surface area contributed by atoms with E-state index in [2.05, 4.69) is 31.2 Å². The molecule has 13 heavy (non-hydrogen) atoms. The van der Waals surface area contributed by atoms with Crippen LogP contribution >= 0.6 is 15.9 Å². The molecule has 3 N–H and O–H groups in total. The molecule has 68 valence electrons. The first-order chi connectivity index (χ1) is 6.25. The minimum atomic E-state index is 0.132. The van der Waals surface area contributed by atoms with Gasteiger partial charge in [0.25, 0.3) is 0 Å². The Morgan fingerprint density at radius 1 is 1.54 bits per heavy atom. The molecule has 0 aromatic carbocycles. The molecule has 1 atom stereocenters. The predicted octanol–water partition coefficient (Wildman–Crippen LogP) is 0.803. The monoisotopic (exact) mass is 240 g/mol. The summed E-state index contributed by atoms with van der Waals surface area (Å²) in [5.41, 5.74) is 6.46. The Labute approximate surface area is 84.4 Å². The van der Waals surface area contributed by atoms with Crippen molar-refractivity contribution >= 4 is 21.9 Å². The Morgan fingerprint density at radius 2 is 2.38 bits per heavy atom. The SMILES string of the molecule is NC1=NCC(c2ccc(Br)cn2)N1. The number of nitrogens with one attached hydrogen (secondary N) is 1. The van der Waals surface area contributed by atoms with E-state index in [1.54, 1.807) is 6.20 Å². The second-order valence-electron chi connectivity index (χ2n) is 2.82. The third kappa shape index (κ3) is 1.80. The summed E-state index contributed by atoms with van der Waals surface area (Å²) in [5.74, 6) is 0.495. The van der Waals surface area contributed by atoms with Crippen molar-refractivity contribution in [2.45, 2.75) is 6.04 Å². The van der Waals surface area contributed by atoms with Crippen LogP contribution in [0.2, 0.25) is 0 Å². The highest BCUT2D eigenvalue weighted by Gasteiger charge is 2.17. The van der Waals surface area contributed by atoms with E-state index >= 15 is 0 Å². The predicted molar refractivity (Wildman–Crippen MR) is 54.3 cm³/mol. The molecule has 1 aromatic rings. The molecule has 2 rings (SSSR count). The fourth-order valence-corrected chi connectivity index (χ4v) is 1.45. The van der Waals surface area contributed by atoms with Crippen LogP contribution in [0, 0.1) is 0 Å². The van der Waals surface area contributed by atoms with Crippen molar-refractivity contribution in [1.29, 1.82) is 0 Å². The van der Waals surface area contributed by atoms with Crippen molar-refractivity contribution < 1.29 is 0 Å². The van der Waals surface area contributed by atoms with Gasteiger partial charge in [-0.05, 0) is 28.1 Å². The van der Waals surface area contributed by atoms with Crippen LogP contribution < -0.4 is 11.1 Å². The Hall–Kier alpha value is -1.10. The van der Waals surface area contributed by atoms with Crippen LogP contribution in [-0.2, 0) is 0 Å². The van der Waals surface area contributed by atoms with E-state index in [1.807, 2.05) is 12.1 Å². The molecule has 0 aliphatic carbocycles. The van der Waals surface area contributed by atoms with Crippen molar-refractivity contribution in [3.63, 3.8) is 0 Å². The minimum absolute atomic E-state index is 0.132. The van der Waals surface area contributed by atoms with Crippen LogP contribution in [0.25, 0.3) is 0 Å². The number of nitrogens with two attached hydrogens (primary N) is 1. The Balaban J connectivity index is 2.14. The Morgan fingerprint density at radius 3 is 2.92 bits per heavy atom. The summed E-state index contributed by atoms with van der Waals surface area (Å²) in [7, 11) is 0. The van der Waals surface area contributed by atoms with Crippen molar-refractivity contribution in [1.82, 2.24) is 10.3 Å². The standard InChI is InChI=1S/C8H9BrN4/c9-5-1-2-6(11-3-5)7-4-12-8(10)13-7/h1-3,7H,4H2,(H3,10,12,13). The summed E-state index contributed by atoms with van der Waals surface area (Å²) in [6, 6.07) is 4.04. The second-order valence-corrected chi connectivity index (χ2v) is 3.74. The lowest BCUT2D eigenvalue weighted by atomic mass is 10.2. The van der Waals surface area contributed by atoms with E-state index in [1.165, 1.54) is 0 Å². The Kier molecular flexibility index (Phi) is 2.18. The molecule has 1 aliphatic heterocycles. The minimum Gasteiger partial charge on any atom is -0.370 e. The average Bonchev–Trinajstić information content (AvgIpc) is 2.53. The van der Waals surface area contributed by atoms with E-state index in [0.717, 1.165) is 10.2 Å². The van der Waals surface area contributed by atoms with Gasteiger partial charge < -0.3 is 11.1 Å². The van der Waals surface area contributed by atoms with Gasteiger partial charge in [0.05, 0.1) is 18.3 Å². The number of rotatable bonds is 1. The van der Waals surface area contributed by atoms with Crippen LogP contribution in [-0.4, -0.2) is 17.5 Å². The number of hydrogen-bond donors (Lipinski definition) is 2. The van der Waals surface area contributed by atoms with Crippen molar-refractivity contribution in [3.05, 3.63) is 28.5 Å². The summed E-state index contributed by atoms with van der Waals surface area (Å²) < 4.78 is 0.975. The van der Waals surface area contributed by atoms with Crippen molar-refractivity contribution in [2.24, 2.45) is 10.7 Å². The molecule has 1 unspecified atom stereocenters. The zero-order valence-corrected chi connectivity index (χ0v) is 8.45. The van der Waals surface area contributed by atoms with Crippen molar-refractivity contribution in [3.8, 4) is 0 Å². The van der Waals surface area contributed by atoms with E-state index in [4.69, 9.17) is 5.73 Å². The van der Waals surface area contributed by atoms with Crippen LogP contribution in [0.3, 0.4) is 0 Å². The van der Waals surface area contributed by atoms with Gasteiger partial charge in [0.15, 0.2) is 5.96 Å². The highest BCUT2D eigenvalue weighted by Crippen LogP contribution is 2.16. The fourth-order valence-electron chi connectivity index (χ4n) is 1.22. The lowest BCUT2D eigenvalue weighted by molar-refractivity contribution is 0.683. The molecular formula is C8H9BrN4. The van der Waals surface area contributed by atoms with Crippen LogP contribution in [0.4, 0.5) is 0 Å². The first-order valence-corrected chi connectivity index (χ1v) is 4.73. The molecule has 0 saturated heterocycles. The molecule has 4 nitrogen and oxygen atoms in total. The molecule has 0 bridgehead atoms. The Bertz CT molecular complexity index is 333. The van der Waals surface area contributed by atoms with Gasteiger partial charge in [-0.25, -0.2) is 0 Å². The molecule has 0 fully saturated rings. The van der Waals surface area contributed by atoms with Crippen LogP contribution in [0.1, 0.15) is 11.7 Å². The van der Waals surface area contributed by atoms with Gasteiger partial charge in [-0.1, -0.05) is 0 Å². The van der Waals surface area contributed by atoms with E-state index in [9.17, 15) is 0 Å². The number of aliphatic imine (C=N–C) groups is 1.